The normalized spacial score (nSPS) is 10.7. The lowest BCUT2D eigenvalue weighted by Gasteiger charge is -2.06. The van der Waals surface area contributed by atoms with E-state index in [1.165, 1.54) is 18.7 Å². The molecule has 2 heterocycles. The highest BCUT2D eigenvalue weighted by Crippen LogP contribution is 2.34. The lowest BCUT2D eigenvalue weighted by Crippen LogP contribution is -2.07. The average Bonchev–Trinajstić information content (AvgIpc) is 2.89. The van der Waals surface area contributed by atoms with Crippen LogP contribution in [-0.4, -0.2) is 41.1 Å². The van der Waals surface area contributed by atoms with Crippen LogP contribution < -0.4 is 0 Å². The number of aromatic nitrogens is 1. The summed E-state index contributed by atoms with van der Waals surface area (Å²) in [5, 5.41) is 0. The van der Waals surface area contributed by atoms with Gasteiger partial charge < -0.3 is 13.9 Å². The van der Waals surface area contributed by atoms with Crippen molar-refractivity contribution in [1.82, 2.24) is 4.40 Å². The lowest BCUT2D eigenvalue weighted by atomic mass is 10.2. The van der Waals surface area contributed by atoms with Crippen LogP contribution in [0.15, 0.2) is 29.3 Å². The standard InChI is InChI=1S/C18H21NO5S/c1-4-23-14(21)9-11-25-17-15(18(22)24-5-2)13-8-6-7-10-19(13)16(17)12(3)20/h6-8,10H,4-5,9,11H2,1-3H3. The molecule has 0 amide bonds. The van der Waals surface area contributed by atoms with E-state index >= 15 is 0 Å². The number of pyridine rings is 1. The summed E-state index contributed by atoms with van der Waals surface area (Å²) in [4.78, 5) is 36.7. The molecule has 2 aromatic rings. The molecule has 0 fully saturated rings. The van der Waals surface area contributed by atoms with Crippen molar-refractivity contribution in [2.75, 3.05) is 19.0 Å². The van der Waals surface area contributed by atoms with E-state index in [0.717, 1.165) is 0 Å². The van der Waals surface area contributed by atoms with Crippen LogP contribution in [0, 0.1) is 0 Å². The first-order valence-electron chi connectivity index (χ1n) is 8.10. The monoisotopic (exact) mass is 363 g/mol. The Morgan fingerprint density at radius 2 is 1.84 bits per heavy atom. The van der Waals surface area contributed by atoms with Crippen LogP contribution in [-0.2, 0) is 14.3 Å². The molecule has 0 N–H and O–H groups in total. The van der Waals surface area contributed by atoms with Gasteiger partial charge in [-0.25, -0.2) is 4.79 Å². The van der Waals surface area contributed by atoms with Gasteiger partial charge in [0.25, 0.3) is 0 Å². The van der Waals surface area contributed by atoms with E-state index in [2.05, 4.69) is 0 Å². The van der Waals surface area contributed by atoms with Crippen molar-refractivity contribution >= 4 is 35.0 Å². The molecule has 2 aromatic heterocycles. The number of nitrogens with zero attached hydrogens (tertiary/aromatic N) is 1. The number of ketones is 1. The second-order valence-corrected chi connectivity index (χ2v) is 6.29. The van der Waals surface area contributed by atoms with Crippen molar-refractivity contribution in [2.24, 2.45) is 0 Å². The second-order valence-electron chi connectivity index (χ2n) is 5.19. The molecular weight excluding hydrogens is 342 g/mol. The Balaban J connectivity index is 2.45. The summed E-state index contributed by atoms with van der Waals surface area (Å²) < 4.78 is 11.8. The van der Waals surface area contributed by atoms with Gasteiger partial charge >= 0.3 is 11.9 Å². The first-order valence-corrected chi connectivity index (χ1v) is 9.09. The van der Waals surface area contributed by atoms with Crippen LogP contribution in [0.2, 0.25) is 0 Å². The number of ether oxygens (including phenoxy) is 2. The molecule has 0 bridgehead atoms. The maximum Gasteiger partial charge on any atom is 0.341 e. The number of hydrogen-bond donors (Lipinski definition) is 0. The number of esters is 2. The van der Waals surface area contributed by atoms with E-state index in [-0.39, 0.29) is 24.8 Å². The van der Waals surface area contributed by atoms with Crippen LogP contribution in [0.3, 0.4) is 0 Å². The van der Waals surface area contributed by atoms with Crippen LogP contribution in [0.1, 0.15) is 48.0 Å². The highest BCUT2D eigenvalue weighted by molar-refractivity contribution is 7.99. The smallest absolute Gasteiger partial charge is 0.341 e. The Hall–Kier alpha value is -2.28. The zero-order valence-corrected chi connectivity index (χ0v) is 15.4. The molecule has 0 unspecified atom stereocenters. The van der Waals surface area contributed by atoms with E-state index in [1.54, 1.807) is 42.6 Å². The fourth-order valence-electron chi connectivity index (χ4n) is 2.53. The molecule has 0 aliphatic carbocycles. The summed E-state index contributed by atoms with van der Waals surface area (Å²) >= 11 is 1.29. The van der Waals surface area contributed by atoms with Gasteiger partial charge in [0.15, 0.2) is 5.78 Å². The molecule has 0 atom stereocenters. The lowest BCUT2D eigenvalue weighted by molar-refractivity contribution is -0.142. The molecule has 0 aliphatic rings. The van der Waals surface area contributed by atoms with Crippen LogP contribution >= 0.6 is 11.8 Å². The summed E-state index contributed by atoms with van der Waals surface area (Å²) in [6.07, 6.45) is 1.94. The second kappa shape index (κ2) is 8.71. The van der Waals surface area contributed by atoms with Gasteiger partial charge in [-0.3, -0.25) is 9.59 Å². The van der Waals surface area contributed by atoms with Crippen LogP contribution in [0.25, 0.3) is 5.52 Å². The number of carbonyl (C=O) groups excluding carboxylic acids is 3. The van der Waals surface area contributed by atoms with E-state index in [4.69, 9.17) is 9.47 Å². The average molecular weight is 363 g/mol. The van der Waals surface area contributed by atoms with Gasteiger partial charge in [-0.2, -0.15) is 0 Å². The third kappa shape index (κ3) is 4.22. The number of hydrogen-bond acceptors (Lipinski definition) is 6. The molecule has 7 heteroatoms. The van der Waals surface area contributed by atoms with Gasteiger partial charge in [0.2, 0.25) is 0 Å². The van der Waals surface area contributed by atoms with Crippen molar-refractivity contribution in [3.05, 3.63) is 35.7 Å². The molecular formula is C18H21NO5S. The van der Waals surface area contributed by atoms with Gasteiger partial charge in [-0.1, -0.05) is 6.07 Å². The summed E-state index contributed by atoms with van der Waals surface area (Å²) in [6, 6.07) is 5.37. The first kappa shape index (κ1) is 19.1. The summed E-state index contributed by atoms with van der Waals surface area (Å²) in [6.45, 7) is 5.50. The van der Waals surface area contributed by atoms with Crippen molar-refractivity contribution in [2.45, 2.75) is 32.1 Å². The quantitative estimate of drug-likeness (QED) is 0.407. The van der Waals surface area contributed by atoms with E-state index < -0.39 is 5.97 Å². The minimum Gasteiger partial charge on any atom is -0.466 e. The van der Waals surface area contributed by atoms with Gasteiger partial charge in [0.05, 0.1) is 35.6 Å². The third-order valence-electron chi connectivity index (χ3n) is 3.47. The third-order valence-corrected chi connectivity index (χ3v) is 4.56. The first-order chi connectivity index (χ1) is 12.0. The largest absolute Gasteiger partial charge is 0.466 e. The highest BCUT2D eigenvalue weighted by atomic mass is 32.2. The zero-order valence-electron chi connectivity index (χ0n) is 14.5. The van der Waals surface area contributed by atoms with E-state index in [9.17, 15) is 14.4 Å². The van der Waals surface area contributed by atoms with Crippen molar-refractivity contribution in [3.63, 3.8) is 0 Å². The molecule has 0 radical (unpaired) electrons. The highest BCUT2D eigenvalue weighted by Gasteiger charge is 2.26. The topological polar surface area (TPSA) is 74.1 Å². The van der Waals surface area contributed by atoms with Crippen molar-refractivity contribution in [3.8, 4) is 0 Å². The summed E-state index contributed by atoms with van der Waals surface area (Å²) in [5.41, 5.74) is 1.40. The molecule has 25 heavy (non-hydrogen) atoms. The van der Waals surface area contributed by atoms with E-state index in [1.807, 2.05) is 0 Å². The predicted molar refractivity (Wildman–Crippen MR) is 95.3 cm³/mol. The minimum absolute atomic E-state index is 0.157. The van der Waals surface area contributed by atoms with Gasteiger partial charge in [0, 0.05) is 18.9 Å². The molecule has 0 aliphatic heterocycles. The van der Waals surface area contributed by atoms with Crippen LogP contribution in [0.4, 0.5) is 0 Å². The van der Waals surface area contributed by atoms with Crippen molar-refractivity contribution in [1.29, 1.82) is 0 Å². The number of carbonyl (C=O) groups is 3. The Morgan fingerprint density at radius 1 is 1.12 bits per heavy atom. The molecule has 0 spiro atoms. The molecule has 6 nitrogen and oxygen atoms in total. The van der Waals surface area contributed by atoms with Gasteiger partial charge in [0.1, 0.15) is 5.69 Å². The molecule has 2 rings (SSSR count). The fraction of sp³-hybridized carbons (Fsp3) is 0.389. The Kier molecular flexibility index (Phi) is 6.64. The fourth-order valence-corrected chi connectivity index (χ4v) is 3.71. The SMILES string of the molecule is CCOC(=O)CCSc1c(C(=O)OCC)c2ccccn2c1C(C)=O. The Morgan fingerprint density at radius 3 is 2.48 bits per heavy atom. The zero-order chi connectivity index (χ0) is 18.4. The molecule has 0 aromatic carbocycles. The summed E-state index contributed by atoms with van der Waals surface area (Å²) in [5.74, 6) is -0.531. The predicted octanol–water partition coefficient (Wildman–Crippen LogP) is 3.36. The molecule has 134 valence electrons. The maximum atomic E-state index is 12.5. The Bertz CT molecular complexity index is 796. The number of Topliss-reactive ketones (excluding diaryl/α,β-unsaturated/α-hetero) is 1. The summed E-state index contributed by atoms with van der Waals surface area (Å²) in [7, 11) is 0. The number of rotatable bonds is 8. The Labute approximate surface area is 150 Å². The molecule has 0 saturated carbocycles. The minimum atomic E-state index is -0.475. The van der Waals surface area contributed by atoms with Gasteiger partial charge in [-0.15, -0.1) is 11.8 Å². The van der Waals surface area contributed by atoms with Crippen LogP contribution in [0.5, 0.6) is 0 Å². The van der Waals surface area contributed by atoms with Gasteiger partial charge in [-0.05, 0) is 26.0 Å². The number of fused-ring (bicyclic) bond motifs is 1. The van der Waals surface area contributed by atoms with E-state index in [0.29, 0.717) is 34.0 Å². The molecule has 0 saturated heterocycles. The number of thioether (sulfide) groups is 1. The van der Waals surface area contributed by atoms with Crippen molar-refractivity contribution < 1.29 is 23.9 Å². The maximum absolute atomic E-state index is 12.5.